The van der Waals surface area contributed by atoms with E-state index < -0.39 is 0 Å². The van der Waals surface area contributed by atoms with Crippen LogP contribution >= 0.6 is 0 Å². The predicted molar refractivity (Wildman–Crippen MR) is 83.1 cm³/mol. The minimum atomic E-state index is -0.198. The molecule has 6 nitrogen and oxygen atoms in total. The Kier molecular flexibility index (Phi) is 5.12. The average molecular weight is 291 g/mol. The zero-order chi connectivity index (χ0) is 15.3. The Balaban J connectivity index is 2.09. The summed E-state index contributed by atoms with van der Waals surface area (Å²) in [5.41, 5.74) is 6.24. The lowest BCUT2D eigenvalue weighted by molar-refractivity contribution is 0.0950. The molecule has 1 aliphatic carbocycles. The molecular formula is C15H25N5O. The van der Waals surface area contributed by atoms with Crippen molar-refractivity contribution in [1.29, 1.82) is 0 Å². The van der Waals surface area contributed by atoms with Crippen LogP contribution < -0.4 is 16.4 Å². The zero-order valence-electron chi connectivity index (χ0n) is 12.9. The van der Waals surface area contributed by atoms with Gasteiger partial charge in [0.25, 0.3) is 5.91 Å². The number of carbonyl (C=O) groups is 1. The van der Waals surface area contributed by atoms with Gasteiger partial charge in [-0.2, -0.15) is 0 Å². The summed E-state index contributed by atoms with van der Waals surface area (Å²) in [4.78, 5) is 11.7. The van der Waals surface area contributed by atoms with Crippen LogP contribution in [0.1, 0.15) is 50.0 Å². The second-order valence-corrected chi connectivity index (χ2v) is 5.80. The van der Waals surface area contributed by atoms with Crippen molar-refractivity contribution in [3.8, 4) is 0 Å². The first-order valence-corrected chi connectivity index (χ1v) is 7.71. The maximum Gasteiger partial charge on any atom is 0.271 e. The molecule has 2 atom stereocenters. The van der Waals surface area contributed by atoms with Gasteiger partial charge in [-0.1, -0.05) is 19.8 Å². The summed E-state index contributed by atoms with van der Waals surface area (Å²) in [6.45, 7) is 5.26. The molecule has 2 unspecified atom stereocenters. The molecule has 1 amide bonds. The van der Waals surface area contributed by atoms with Gasteiger partial charge in [0.2, 0.25) is 0 Å². The highest BCUT2D eigenvalue weighted by Gasteiger charge is 2.37. The molecule has 0 bridgehead atoms. The van der Waals surface area contributed by atoms with Crippen LogP contribution in [-0.2, 0) is 0 Å². The molecule has 4 N–H and O–H groups in total. The molecule has 0 spiro atoms. The fourth-order valence-electron chi connectivity index (χ4n) is 2.98. The lowest BCUT2D eigenvalue weighted by Crippen LogP contribution is -2.52. The molecule has 21 heavy (non-hydrogen) atoms. The highest BCUT2D eigenvalue weighted by molar-refractivity contribution is 5.92. The van der Waals surface area contributed by atoms with Gasteiger partial charge in [-0.15, -0.1) is 10.2 Å². The van der Waals surface area contributed by atoms with Crippen LogP contribution in [0.3, 0.4) is 0 Å². The first kappa shape index (κ1) is 15.7. The topological polar surface area (TPSA) is 92.9 Å². The van der Waals surface area contributed by atoms with Crippen LogP contribution in [0.25, 0.3) is 0 Å². The Hall–Kier alpha value is -1.69. The van der Waals surface area contributed by atoms with Gasteiger partial charge in [0.1, 0.15) is 5.82 Å². The maximum absolute atomic E-state index is 11.7. The minimum absolute atomic E-state index is 0.111. The third kappa shape index (κ3) is 3.50. The van der Waals surface area contributed by atoms with Crippen LogP contribution in [0.2, 0.25) is 0 Å². The molecule has 1 aromatic heterocycles. The summed E-state index contributed by atoms with van der Waals surface area (Å²) in [6, 6.07) is 3.49. The van der Waals surface area contributed by atoms with Gasteiger partial charge in [-0.3, -0.25) is 4.79 Å². The summed E-state index contributed by atoms with van der Waals surface area (Å²) < 4.78 is 0. The Bertz CT molecular complexity index is 475. The third-order valence-electron chi connectivity index (χ3n) is 4.43. The fraction of sp³-hybridized carbons (Fsp3) is 0.667. The number of hydrogen-bond acceptors (Lipinski definition) is 5. The van der Waals surface area contributed by atoms with E-state index in [-0.39, 0.29) is 11.4 Å². The molecule has 1 saturated carbocycles. The standard InChI is InChI=1S/C15H25N5O/c1-3-17-14(21)12-7-8-13(20-19-12)18-15(10-16)9-5-4-6-11(15)2/h7-8,11H,3-6,9-10,16H2,1-2H3,(H,17,21)(H,18,20). The highest BCUT2D eigenvalue weighted by atomic mass is 16.1. The van der Waals surface area contributed by atoms with Gasteiger partial charge in [-0.05, 0) is 37.8 Å². The number of amides is 1. The molecular weight excluding hydrogens is 266 g/mol. The van der Waals surface area contributed by atoms with E-state index in [4.69, 9.17) is 5.73 Å². The van der Waals surface area contributed by atoms with Crippen molar-refractivity contribution in [2.45, 2.75) is 45.1 Å². The summed E-state index contributed by atoms with van der Waals surface area (Å²) in [5.74, 6) is 0.986. The first-order valence-electron chi connectivity index (χ1n) is 7.71. The van der Waals surface area contributed by atoms with E-state index in [9.17, 15) is 4.79 Å². The molecule has 2 rings (SSSR count). The van der Waals surface area contributed by atoms with Crippen molar-refractivity contribution in [3.63, 3.8) is 0 Å². The van der Waals surface area contributed by atoms with E-state index in [0.29, 0.717) is 30.5 Å². The van der Waals surface area contributed by atoms with Crippen molar-refractivity contribution in [1.82, 2.24) is 15.5 Å². The third-order valence-corrected chi connectivity index (χ3v) is 4.43. The van der Waals surface area contributed by atoms with Gasteiger partial charge in [0.15, 0.2) is 5.69 Å². The van der Waals surface area contributed by atoms with E-state index in [1.807, 2.05) is 6.92 Å². The summed E-state index contributed by atoms with van der Waals surface area (Å²) in [7, 11) is 0. The quantitative estimate of drug-likeness (QED) is 0.765. The van der Waals surface area contributed by atoms with E-state index in [1.54, 1.807) is 12.1 Å². The van der Waals surface area contributed by atoms with Crippen molar-refractivity contribution < 1.29 is 4.79 Å². The minimum Gasteiger partial charge on any atom is -0.362 e. The first-order chi connectivity index (χ1) is 10.1. The number of carbonyl (C=O) groups excluding carboxylic acids is 1. The van der Waals surface area contributed by atoms with Crippen molar-refractivity contribution in [2.24, 2.45) is 11.7 Å². The average Bonchev–Trinajstić information content (AvgIpc) is 2.50. The number of nitrogens with one attached hydrogen (secondary N) is 2. The van der Waals surface area contributed by atoms with Crippen molar-refractivity contribution in [3.05, 3.63) is 17.8 Å². The van der Waals surface area contributed by atoms with Gasteiger partial charge in [-0.25, -0.2) is 0 Å². The molecule has 116 valence electrons. The van der Waals surface area contributed by atoms with E-state index in [1.165, 1.54) is 19.3 Å². The largest absolute Gasteiger partial charge is 0.362 e. The molecule has 0 aliphatic heterocycles. The fourth-order valence-corrected chi connectivity index (χ4v) is 2.98. The van der Waals surface area contributed by atoms with E-state index in [0.717, 1.165) is 6.42 Å². The van der Waals surface area contributed by atoms with Crippen LogP contribution in [0.15, 0.2) is 12.1 Å². The van der Waals surface area contributed by atoms with E-state index >= 15 is 0 Å². The molecule has 6 heteroatoms. The Labute approximate surface area is 125 Å². The molecule has 1 aromatic rings. The molecule has 1 aliphatic rings. The normalized spacial score (nSPS) is 25.4. The summed E-state index contributed by atoms with van der Waals surface area (Å²) in [6.07, 6.45) is 4.66. The van der Waals surface area contributed by atoms with Crippen LogP contribution in [-0.4, -0.2) is 34.7 Å². The Morgan fingerprint density at radius 1 is 1.43 bits per heavy atom. The van der Waals surface area contributed by atoms with Gasteiger partial charge < -0.3 is 16.4 Å². The zero-order valence-corrected chi connectivity index (χ0v) is 12.9. The van der Waals surface area contributed by atoms with Crippen molar-refractivity contribution in [2.75, 3.05) is 18.4 Å². The van der Waals surface area contributed by atoms with Crippen molar-refractivity contribution >= 4 is 11.7 Å². The Morgan fingerprint density at radius 2 is 2.24 bits per heavy atom. The van der Waals surface area contributed by atoms with Gasteiger partial charge >= 0.3 is 0 Å². The number of nitrogens with zero attached hydrogens (tertiary/aromatic N) is 2. The number of nitrogens with two attached hydrogens (primary N) is 1. The lowest BCUT2D eigenvalue weighted by atomic mass is 9.73. The summed E-state index contributed by atoms with van der Waals surface area (Å²) in [5, 5.41) is 14.3. The van der Waals surface area contributed by atoms with Crippen LogP contribution in [0.5, 0.6) is 0 Å². The van der Waals surface area contributed by atoms with Crippen LogP contribution in [0, 0.1) is 5.92 Å². The monoisotopic (exact) mass is 291 g/mol. The number of hydrogen-bond donors (Lipinski definition) is 3. The Morgan fingerprint density at radius 3 is 2.81 bits per heavy atom. The molecule has 0 saturated heterocycles. The van der Waals surface area contributed by atoms with Crippen LogP contribution in [0.4, 0.5) is 5.82 Å². The molecule has 0 aromatic carbocycles. The van der Waals surface area contributed by atoms with Gasteiger partial charge in [0, 0.05) is 13.1 Å². The number of anilines is 1. The smallest absolute Gasteiger partial charge is 0.271 e. The molecule has 1 heterocycles. The summed E-state index contributed by atoms with van der Waals surface area (Å²) >= 11 is 0. The highest BCUT2D eigenvalue weighted by Crippen LogP contribution is 2.35. The lowest BCUT2D eigenvalue weighted by Gasteiger charge is -2.42. The van der Waals surface area contributed by atoms with Gasteiger partial charge in [0.05, 0.1) is 5.54 Å². The molecule has 0 radical (unpaired) electrons. The number of rotatable bonds is 5. The second-order valence-electron chi connectivity index (χ2n) is 5.80. The molecule has 1 fully saturated rings. The maximum atomic E-state index is 11.7. The number of aromatic nitrogens is 2. The van der Waals surface area contributed by atoms with E-state index in [2.05, 4.69) is 27.8 Å². The SMILES string of the molecule is CCNC(=O)c1ccc(NC2(CN)CCCCC2C)nn1. The second kappa shape index (κ2) is 6.85. The predicted octanol–water partition coefficient (Wildman–Crippen LogP) is 1.55.